The van der Waals surface area contributed by atoms with Crippen LogP contribution in [-0.2, 0) is 14.3 Å². The number of aliphatic carboxylic acids is 1. The first-order valence-corrected chi connectivity index (χ1v) is 18.1. The van der Waals surface area contributed by atoms with Crippen LogP contribution in [0.2, 0.25) is 0 Å². The van der Waals surface area contributed by atoms with Gasteiger partial charge in [-0.05, 0) is 77.0 Å². The summed E-state index contributed by atoms with van der Waals surface area (Å²) in [5, 5.41) is 8.69. The van der Waals surface area contributed by atoms with Crippen molar-refractivity contribution in [1.82, 2.24) is 0 Å². The molecule has 0 aliphatic rings. The van der Waals surface area contributed by atoms with Crippen LogP contribution in [0.1, 0.15) is 181 Å². The lowest BCUT2D eigenvalue weighted by Crippen LogP contribution is -2.18. The van der Waals surface area contributed by atoms with Gasteiger partial charge in [0.25, 0.3) is 0 Å². The molecule has 0 bridgehead atoms. The van der Waals surface area contributed by atoms with Crippen molar-refractivity contribution in [2.24, 2.45) is 0 Å². The molecule has 0 aliphatic heterocycles. The molecule has 0 spiro atoms. The Balaban J connectivity index is 3.72. The van der Waals surface area contributed by atoms with Gasteiger partial charge >= 0.3 is 11.9 Å². The van der Waals surface area contributed by atoms with Crippen molar-refractivity contribution in [2.75, 3.05) is 0 Å². The molecular weight excluding hydrogens is 532 g/mol. The van der Waals surface area contributed by atoms with E-state index in [1.54, 1.807) is 0 Å². The SMILES string of the molecule is CCCCC/C=C\C/C=C\C/C=C\C/C=C\CCCCCCCC(=O)OC(CCCC)CCCCCCCCCC(=O)O. The Labute approximate surface area is 266 Å². The maximum absolute atomic E-state index is 12.4. The van der Waals surface area contributed by atoms with E-state index < -0.39 is 5.97 Å². The predicted molar refractivity (Wildman–Crippen MR) is 185 cm³/mol. The number of ether oxygens (including phenoxy) is 1. The van der Waals surface area contributed by atoms with Crippen LogP contribution in [0.25, 0.3) is 0 Å². The molecule has 0 saturated heterocycles. The number of hydrogen-bond acceptors (Lipinski definition) is 3. The van der Waals surface area contributed by atoms with Crippen molar-refractivity contribution < 1.29 is 19.4 Å². The normalized spacial score (nSPS) is 12.8. The van der Waals surface area contributed by atoms with Crippen LogP contribution < -0.4 is 0 Å². The number of carboxylic acid groups (broad SMARTS) is 1. The van der Waals surface area contributed by atoms with Crippen LogP contribution >= 0.6 is 0 Å². The minimum Gasteiger partial charge on any atom is -0.481 e. The first-order chi connectivity index (χ1) is 21.1. The van der Waals surface area contributed by atoms with Gasteiger partial charge in [0.2, 0.25) is 0 Å². The summed E-state index contributed by atoms with van der Waals surface area (Å²) in [5.41, 5.74) is 0. The fourth-order valence-electron chi connectivity index (χ4n) is 5.09. The van der Waals surface area contributed by atoms with E-state index in [4.69, 9.17) is 9.84 Å². The van der Waals surface area contributed by atoms with Gasteiger partial charge in [-0.3, -0.25) is 9.59 Å². The van der Waals surface area contributed by atoms with E-state index in [2.05, 4.69) is 62.5 Å². The Hall–Kier alpha value is -2.10. The molecule has 4 nitrogen and oxygen atoms in total. The highest BCUT2D eigenvalue weighted by Gasteiger charge is 2.13. The summed E-state index contributed by atoms with van der Waals surface area (Å²) < 4.78 is 5.86. The lowest BCUT2D eigenvalue weighted by atomic mass is 10.0. The standard InChI is InChI=1S/C39H68O4/c1-3-5-7-8-9-10-11-12-13-14-15-16-17-18-19-20-21-22-26-29-32-36-39(42)43-37(33-6-4-2)34-30-27-24-23-25-28-31-35-38(40)41/h9-10,12-13,15-16,18-19,37H,3-8,11,14,17,20-36H2,1-2H3,(H,40,41)/b10-9-,13-12-,16-15-,19-18-. The number of carbonyl (C=O) groups is 2. The molecular formula is C39H68O4. The third-order valence-corrected chi connectivity index (χ3v) is 7.80. The molecule has 0 amide bonds. The molecule has 0 aromatic heterocycles. The molecule has 0 radical (unpaired) electrons. The monoisotopic (exact) mass is 601 g/mol. The van der Waals surface area contributed by atoms with Gasteiger partial charge in [0.05, 0.1) is 0 Å². The Kier molecular flexibility index (Phi) is 32.7. The Morgan fingerprint density at radius 2 is 0.930 bits per heavy atom. The minimum atomic E-state index is -0.693. The zero-order chi connectivity index (χ0) is 31.5. The van der Waals surface area contributed by atoms with Crippen LogP contribution in [0.15, 0.2) is 48.6 Å². The Morgan fingerprint density at radius 3 is 1.47 bits per heavy atom. The van der Waals surface area contributed by atoms with Gasteiger partial charge in [-0.25, -0.2) is 0 Å². The zero-order valence-corrected chi connectivity index (χ0v) is 28.3. The highest BCUT2D eigenvalue weighted by Crippen LogP contribution is 2.17. The molecule has 0 saturated carbocycles. The van der Waals surface area contributed by atoms with Crippen LogP contribution in [0, 0.1) is 0 Å². The topological polar surface area (TPSA) is 63.6 Å². The largest absolute Gasteiger partial charge is 0.481 e. The number of unbranched alkanes of at least 4 members (excludes halogenated alkanes) is 15. The second-order valence-corrected chi connectivity index (χ2v) is 12.1. The average molecular weight is 601 g/mol. The van der Waals surface area contributed by atoms with Gasteiger partial charge in [-0.1, -0.05) is 140 Å². The summed E-state index contributed by atoms with van der Waals surface area (Å²) in [4.78, 5) is 23.0. The third-order valence-electron chi connectivity index (χ3n) is 7.80. The average Bonchev–Trinajstić information content (AvgIpc) is 2.99. The fraction of sp³-hybridized carbons (Fsp3) is 0.744. The molecule has 1 atom stereocenters. The number of allylic oxidation sites excluding steroid dienone is 8. The first-order valence-electron chi connectivity index (χ1n) is 18.1. The summed E-state index contributed by atoms with van der Waals surface area (Å²) in [6.07, 6.45) is 45.9. The zero-order valence-electron chi connectivity index (χ0n) is 28.3. The molecule has 43 heavy (non-hydrogen) atoms. The van der Waals surface area contributed by atoms with E-state index in [0.717, 1.165) is 89.9 Å². The first kappa shape index (κ1) is 40.9. The van der Waals surface area contributed by atoms with Gasteiger partial charge in [-0.2, -0.15) is 0 Å². The van der Waals surface area contributed by atoms with Gasteiger partial charge in [0.1, 0.15) is 6.10 Å². The molecule has 0 aliphatic carbocycles. The van der Waals surface area contributed by atoms with E-state index in [1.165, 1.54) is 64.2 Å². The summed E-state index contributed by atoms with van der Waals surface area (Å²) in [5.74, 6) is -0.706. The molecule has 0 aromatic carbocycles. The second-order valence-electron chi connectivity index (χ2n) is 12.1. The molecule has 1 unspecified atom stereocenters. The maximum atomic E-state index is 12.4. The van der Waals surface area contributed by atoms with Crippen molar-refractivity contribution in [1.29, 1.82) is 0 Å². The Morgan fingerprint density at radius 1 is 0.512 bits per heavy atom. The number of carbonyl (C=O) groups excluding carboxylic acids is 1. The van der Waals surface area contributed by atoms with Gasteiger partial charge < -0.3 is 9.84 Å². The highest BCUT2D eigenvalue weighted by atomic mass is 16.5. The lowest BCUT2D eigenvalue weighted by Gasteiger charge is -2.18. The highest BCUT2D eigenvalue weighted by molar-refractivity contribution is 5.69. The van der Waals surface area contributed by atoms with E-state index in [1.807, 2.05) is 0 Å². The van der Waals surface area contributed by atoms with Crippen molar-refractivity contribution in [3.8, 4) is 0 Å². The van der Waals surface area contributed by atoms with Crippen molar-refractivity contribution in [2.45, 2.75) is 187 Å². The lowest BCUT2D eigenvalue weighted by molar-refractivity contribution is -0.150. The van der Waals surface area contributed by atoms with Gasteiger partial charge in [-0.15, -0.1) is 0 Å². The summed E-state index contributed by atoms with van der Waals surface area (Å²) >= 11 is 0. The third kappa shape index (κ3) is 34.3. The number of hydrogen-bond donors (Lipinski definition) is 1. The number of carboxylic acids is 1. The number of esters is 1. The van der Waals surface area contributed by atoms with E-state index in [-0.39, 0.29) is 18.5 Å². The Bertz CT molecular complexity index is 734. The van der Waals surface area contributed by atoms with Crippen molar-refractivity contribution >= 4 is 11.9 Å². The smallest absolute Gasteiger partial charge is 0.306 e. The second kappa shape index (κ2) is 34.4. The maximum Gasteiger partial charge on any atom is 0.306 e. The summed E-state index contributed by atoms with van der Waals surface area (Å²) in [7, 11) is 0. The van der Waals surface area contributed by atoms with Gasteiger partial charge in [0.15, 0.2) is 0 Å². The van der Waals surface area contributed by atoms with Crippen LogP contribution in [0.4, 0.5) is 0 Å². The molecule has 4 heteroatoms. The molecule has 0 fully saturated rings. The molecule has 0 heterocycles. The summed E-state index contributed by atoms with van der Waals surface area (Å²) in [6, 6.07) is 0. The van der Waals surface area contributed by atoms with Crippen molar-refractivity contribution in [3.63, 3.8) is 0 Å². The van der Waals surface area contributed by atoms with E-state index in [9.17, 15) is 9.59 Å². The predicted octanol–water partition coefficient (Wildman–Crippen LogP) is 12.4. The van der Waals surface area contributed by atoms with Gasteiger partial charge in [0, 0.05) is 12.8 Å². The molecule has 0 aromatic rings. The molecule has 1 N–H and O–H groups in total. The van der Waals surface area contributed by atoms with Crippen LogP contribution in [0.5, 0.6) is 0 Å². The minimum absolute atomic E-state index is 0.0133. The quantitative estimate of drug-likeness (QED) is 0.0474. The number of rotatable bonds is 32. The molecule has 0 rings (SSSR count). The fourth-order valence-corrected chi connectivity index (χ4v) is 5.09. The molecule has 248 valence electrons. The van der Waals surface area contributed by atoms with E-state index in [0.29, 0.717) is 6.42 Å². The van der Waals surface area contributed by atoms with Crippen LogP contribution in [-0.4, -0.2) is 23.1 Å². The van der Waals surface area contributed by atoms with Crippen molar-refractivity contribution in [3.05, 3.63) is 48.6 Å². The summed E-state index contributed by atoms with van der Waals surface area (Å²) in [6.45, 7) is 4.43. The van der Waals surface area contributed by atoms with E-state index >= 15 is 0 Å². The van der Waals surface area contributed by atoms with Crippen LogP contribution in [0.3, 0.4) is 0 Å².